The summed E-state index contributed by atoms with van der Waals surface area (Å²) >= 11 is 3.68. The van der Waals surface area contributed by atoms with Crippen LogP contribution in [0.2, 0.25) is 0 Å². The number of benzene rings is 1. The molecule has 0 aliphatic carbocycles. The van der Waals surface area contributed by atoms with Gasteiger partial charge in [-0.3, -0.25) is 9.52 Å². The molecule has 5 nitrogen and oxygen atoms in total. The van der Waals surface area contributed by atoms with Crippen molar-refractivity contribution in [3.05, 3.63) is 43.9 Å². The zero-order chi connectivity index (χ0) is 14.2. The Bertz CT molecular complexity index is 782. The van der Waals surface area contributed by atoms with E-state index in [-0.39, 0.29) is 15.6 Å². The summed E-state index contributed by atoms with van der Waals surface area (Å²) in [5.41, 5.74) is 0.0347. The van der Waals surface area contributed by atoms with Crippen LogP contribution in [0, 0.1) is 12.7 Å². The summed E-state index contributed by atoms with van der Waals surface area (Å²) in [6.45, 7) is 1.46. The second kappa shape index (κ2) is 5.06. The fourth-order valence-corrected chi connectivity index (χ4v) is 4.13. The Kier molecular flexibility index (Phi) is 3.79. The number of hydrogen-bond acceptors (Lipinski definition) is 4. The first-order valence-electron chi connectivity index (χ1n) is 4.97. The first kappa shape index (κ1) is 14.2. The predicted octanol–water partition coefficient (Wildman–Crippen LogP) is 2.45. The molecule has 1 aromatic carbocycles. The second-order valence-electron chi connectivity index (χ2n) is 3.66. The molecular weight excluding hydrogens is 359 g/mol. The van der Waals surface area contributed by atoms with Gasteiger partial charge in [0, 0.05) is 10.2 Å². The number of sulfonamides is 1. The molecule has 102 valence electrons. The van der Waals surface area contributed by atoms with Crippen LogP contribution in [0.3, 0.4) is 0 Å². The second-order valence-corrected chi connectivity index (χ2v) is 7.43. The average molecular weight is 367 g/mol. The third-order valence-electron chi connectivity index (χ3n) is 2.20. The molecule has 2 N–H and O–H groups in total. The summed E-state index contributed by atoms with van der Waals surface area (Å²) in [5.74, 6) is -0.702. The van der Waals surface area contributed by atoms with Gasteiger partial charge in [-0.05, 0) is 25.1 Å². The number of aromatic amines is 1. The maximum absolute atomic E-state index is 13.5. The number of nitrogens with one attached hydrogen (secondary N) is 2. The summed E-state index contributed by atoms with van der Waals surface area (Å²) in [5, 5.41) is 0. The number of hydrogen-bond donors (Lipinski definition) is 2. The molecule has 0 radical (unpaired) electrons. The van der Waals surface area contributed by atoms with Crippen LogP contribution in [0.5, 0.6) is 0 Å². The van der Waals surface area contributed by atoms with Gasteiger partial charge in [-0.25, -0.2) is 12.8 Å². The van der Waals surface area contributed by atoms with Crippen LogP contribution >= 0.6 is 27.3 Å². The molecule has 0 saturated heterocycles. The van der Waals surface area contributed by atoms with E-state index in [0.717, 1.165) is 6.07 Å². The van der Waals surface area contributed by atoms with Crippen LogP contribution in [0.4, 0.5) is 10.1 Å². The van der Waals surface area contributed by atoms with E-state index >= 15 is 0 Å². The molecule has 0 aliphatic heterocycles. The summed E-state index contributed by atoms with van der Waals surface area (Å²) in [6.07, 6.45) is 0. The quantitative estimate of drug-likeness (QED) is 0.875. The SMILES string of the molecule is Cc1[nH]c(=O)sc1S(=O)(=O)Nc1cc(Br)ccc1F. The fourth-order valence-electron chi connectivity index (χ4n) is 1.41. The van der Waals surface area contributed by atoms with Crippen molar-refractivity contribution in [3.8, 4) is 0 Å². The molecule has 9 heteroatoms. The van der Waals surface area contributed by atoms with Crippen LogP contribution in [-0.2, 0) is 10.0 Å². The zero-order valence-corrected chi connectivity index (χ0v) is 12.7. The highest BCUT2D eigenvalue weighted by Gasteiger charge is 2.22. The van der Waals surface area contributed by atoms with Gasteiger partial charge in [0.1, 0.15) is 5.82 Å². The van der Waals surface area contributed by atoms with E-state index in [1.807, 2.05) is 0 Å². The van der Waals surface area contributed by atoms with Crippen LogP contribution in [-0.4, -0.2) is 13.4 Å². The summed E-state index contributed by atoms with van der Waals surface area (Å²) < 4.78 is 40.1. The van der Waals surface area contributed by atoms with Gasteiger partial charge in [0.15, 0.2) is 4.21 Å². The van der Waals surface area contributed by atoms with Gasteiger partial charge in [-0.2, -0.15) is 0 Å². The highest BCUT2D eigenvalue weighted by atomic mass is 79.9. The minimum atomic E-state index is -3.99. The Labute approximate surface area is 120 Å². The fraction of sp³-hybridized carbons (Fsp3) is 0.100. The number of halogens is 2. The lowest BCUT2D eigenvalue weighted by atomic mass is 10.3. The largest absolute Gasteiger partial charge is 0.315 e. The van der Waals surface area contributed by atoms with E-state index in [4.69, 9.17) is 0 Å². The molecule has 0 spiro atoms. The van der Waals surface area contributed by atoms with Crippen LogP contribution < -0.4 is 9.60 Å². The molecular formula is C10H8BrFN2O3S2. The minimum Gasteiger partial charge on any atom is -0.315 e. The van der Waals surface area contributed by atoms with Gasteiger partial charge in [0.05, 0.1) is 5.69 Å². The van der Waals surface area contributed by atoms with Crippen LogP contribution in [0.15, 0.2) is 31.7 Å². The Morgan fingerprint density at radius 3 is 2.68 bits per heavy atom. The van der Waals surface area contributed by atoms with E-state index in [9.17, 15) is 17.6 Å². The lowest BCUT2D eigenvalue weighted by molar-refractivity contribution is 0.599. The van der Waals surface area contributed by atoms with Gasteiger partial charge >= 0.3 is 4.87 Å². The summed E-state index contributed by atoms with van der Waals surface area (Å²) in [4.78, 5) is 13.0. The van der Waals surface area contributed by atoms with Crippen molar-refractivity contribution in [2.24, 2.45) is 0 Å². The van der Waals surface area contributed by atoms with E-state index < -0.39 is 20.7 Å². The number of rotatable bonds is 3. The number of aryl methyl sites for hydroxylation is 1. The molecule has 0 fully saturated rings. The van der Waals surface area contributed by atoms with Gasteiger partial charge in [-0.1, -0.05) is 27.3 Å². The zero-order valence-electron chi connectivity index (χ0n) is 9.53. The van der Waals surface area contributed by atoms with Gasteiger partial charge in [-0.15, -0.1) is 0 Å². The number of anilines is 1. The van der Waals surface area contributed by atoms with Crippen molar-refractivity contribution in [2.45, 2.75) is 11.1 Å². The topological polar surface area (TPSA) is 79.0 Å². The van der Waals surface area contributed by atoms with E-state index in [1.54, 1.807) is 0 Å². The van der Waals surface area contributed by atoms with E-state index in [1.165, 1.54) is 19.1 Å². The van der Waals surface area contributed by atoms with E-state index in [0.29, 0.717) is 15.8 Å². The molecule has 19 heavy (non-hydrogen) atoms. The Hall–Kier alpha value is -1.19. The van der Waals surface area contributed by atoms with Crippen molar-refractivity contribution >= 4 is 43.0 Å². The lowest BCUT2D eigenvalue weighted by Gasteiger charge is -2.08. The predicted molar refractivity (Wildman–Crippen MR) is 74.6 cm³/mol. The monoisotopic (exact) mass is 366 g/mol. The first-order chi connectivity index (χ1) is 8.79. The maximum atomic E-state index is 13.5. The highest BCUT2D eigenvalue weighted by molar-refractivity contribution is 9.10. The van der Waals surface area contributed by atoms with Crippen molar-refractivity contribution in [1.29, 1.82) is 0 Å². The lowest BCUT2D eigenvalue weighted by Crippen LogP contribution is -2.13. The standard InChI is InChI=1S/C10H8BrFN2O3S2/c1-5-9(18-10(15)13-5)19(16,17)14-8-4-6(11)2-3-7(8)12/h2-4,14H,1H3,(H,13,15). The van der Waals surface area contributed by atoms with E-state index in [2.05, 4.69) is 25.6 Å². The molecule has 2 rings (SSSR count). The van der Waals surface area contributed by atoms with Gasteiger partial charge in [0.25, 0.3) is 10.0 Å². The van der Waals surface area contributed by atoms with Crippen molar-refractivity contribution in [3.63, 3.8) is 0 Å². The smallest absolute Gasteiger partial charge is 0.306 e. The molecule has 0 amide bonds. The Morgan fingerprint density at radius 2 is 2.11 bits per heavy atom. The van der Waals surface area contributed by atoms with Crippen LogP contribution in [0.25, 0.3) is 0 Å². The summed E-state index contributed by atoms with van der Waals surface area (Å²) in [6, 6.07) is 3.89. The molecule has 2 aromatic rings. The number of aromatic nitrogens is 1. The molecule has 0 unspecified atom stereocenters. The highest BCUT2D eigenvalue weighted by Crippen LogP contribution is 2.24. The normalized spacial score (nSPS) is 11.5. The molecule has 0 saturated carbocycles. The van der Waals surface area contributed by atoms with Crippen molar-refractivity contribution < 1.29 is 12.8 Å². The molecule has 1 aromatic heterocycles. The van der Waals surface area contributed by atoms with Crippen molar-refractivity contribution in [1.82, 2.24) is 4.98 Å². The number of H-pyrrole nitrogens is 1. The van der Waals surface area contributed by atoms with Crippen LogP contribution in [0.1, 0.15) is 5.69 Å². The third kappa shape index (κ3) is 3.04. The third-order valence-corrected chi connectivity index (χ3v) is 5.66. The maximum Gasteiger partial charge on any atom is 0.306 e. The number of thiazole rings is 1. The Morgan fingerprint density at radius 1 is 1.42 bits per heavy atom. The summed E-state index contributed by atoms with van der Waals surface area (Å²) in [7, 11) is -3.99. The van der Waals surface area contributed by atoms with Gasteiger partial charge in [0.2, 0.25) is 0 Å². The minimum absolute atomic E-state index is 0.156. The molecule has 0 aliphatic rings. The molecule has 0 atom stereocenters. The molecule has 0 bridgehead atoms. The molecule has 1 heterocycles. The first-order valence-corrected chi connectivity index (χ1v) is 8.06. The Balaban J connectivity index is 2.45. The van der Waals surface area contributed by atoms with Crippen molar-refractivity contribution in [2.75, 3.05) is 4.72 Å². The average Bonchev–Trinajstić information content (AvgIpc) is 2.63. The van der Waals surface area contributed by atoms with Gasteiger partial charge < -0.3 is 4.98 Å².